The molecule has 0 aromatic carbocycles. The smallest absolute Gasteiger partial charge is 0.146 e. The van der Waals surface area contributed by atoms with Crippen molar-refractivity contribution in [3.05, 3.63) is 47.9 Å². The average molecular weight is 284 g/mol. The van der Waals surface area contributed by atoms with Crippen LogP contribution >= 0.6 is 0 Å². The number of hydrogen-bond acceptors (Lipinski definition) is 4. The fraction of sp³-hybridized carbons (Fsp3) is 0.400. The highest BCUT2D eigenvalue weighted by Crippen LogP contribution is 2.14. The molecular formula is C15H20N6. The van der Waals surface area contributed by atoms with Gasteiger partial charge in [0.1, 0.15) is 17.8 Å². The van der Waals surface area contributed by atoms with Crippen LogP contribution in [0.3, 0.4) is 0 Å². The molecule has 110 valence electrons. The molecule has 0 aliphatic heterocycles. The van der Waals surface area contributed by atoms with E-state index in [0.717, 1.165) is 36.8 Å². The number of fused-ring (bicyclic) bond motifs is 1. The highest BCUT2D eigenvalue weighted by Gasteiger charge is 2.12. The Morgan fingerprint density at radius 2 is 2.10 bits per heavy atom. The lowest BCUT2D eigenvalue weighted by Gasteiger charge is -2.16. The Hall–Kier alpha value is -2.21. The van der Waals surface area contributed by atoms with Crippen molar-refractivity contribution in [2.24, 2.45) is 0 Å². The van der Waals surface area contributed by atoms with Gasteiger partial charge in [-0.3, -0.25) is 4.90 Å². The van der Waals surface area contributed by atoms with Crippen LogP contribution in [0.1, 0.15) is 24.1 Å². The maximum absolute atomic E-state index is 4.60. The van der Waals surface area contributed by atoms with Crippen LogP contribution in [0.5, 0.6) is 0 Å². The third-order valence-corrected chi connectivity index (χ3v) is 3.70. The molecule has 0 radical (unpaired) electrons. The van der Waals surface area contributed by atoms with Gasteiger partial charge in [-0.2, -0.15) is 0 Å². The Morgan fingerprint density at radius 1 is 1.24 bits per heavy atom. The van der Waals surface area contributed by atoms with E-state index in [0.29, 0.717) is 0 Å². The van der Waals surface area contributed by atoms with Crippen LogP contribution < -0.4 is 0 Å². The lowest BCUT2D eigenvalue weighted by molar-refractivity contribution is 0.300. The summed E-state index contributed by atoms with van der Waals surface area (Å²) in [6, 6.07) is 6.08. The van der Waals surface area contributed by atoms with Gasteiger partial charge in [-0.25, -0.2) is 4.98 Å². The summed E-state index contributed by atoms with van der Waals surface area (Å²) < 4.78 is 4.22. The largest absolute Gasteiger partial charge is 0.317 e. The molecule has 0 unspecified atom stereocenters. The summed E-state index contributed by atoms with van der Waals surface area (Å²) in [6.07, 6.45) is 3.84. The Kier molecular flexibility index (Phi) is 3.70. The summed E-state index contributed by atoms with van der Waals surface area (Å²) >= 11 is 0. The van der Waals surface area contributed by atoms with Gasteiger partial charge in [0, 0.05) is 19.3 Å². The third-order valence-electron chi connectivity index (χ3n) is 3.70. The van der Waals surface area contributed by atoms with Gasteiger partial charge in [0.25, 0.3) is 0 Å². The number of rotatable bonds is 5. The monoisotopic (exact) mass is 284 g/mol. The maximum Gasteiger partial charge on any atom is 0.146 e. The summed E-state index contributed by atoms with van der Waals surface area (Å²) in [4.78, 5) is 6.84. The van der Waals surface area contributed by atoms with E-state index < -0.39 is 0 Å². The molecule has 0 aliphatic carbocycles. The predicted octanol–water partition coefficient (Wildman–Crippen LogP) is 1.89. The van der Waals surface area contributed by atoms with E-state index >= 15 is 0 Å². The summed E-state index contributed by atoms with van der Waals surface area (Å²) in [5.74, 6) is 0.992. The lowest BCUT2D eigenvalue weighted by Crippen LogP contribution is -2.21. The molecule has 0 amide bonds. The van der Waals surface area contributed by atoms with Crippen molar-refractivity contribution < 1.29 is 0 Å². The second-order valence-corrected chi connectivity index (χ2v) is 5.28. The minimum absolute atomic E-state index is 0.771. The second kappa shape index (κ2) is 5.65. The summed E-state index contributed by atoms with van der Waals surface area (Å²) in [5, 5.41) is 8.17. The minimum atomic E-state index is 0.771. The molecule has 21 heavy (non-hydrogen) atoms. The number of aromatic nitrogens is 5. The first kappa shape index (κ1) is 13.8. The maximum atomic E-state index is 4.60. The summed E-state index contributed by atoms with van der Waals surface area (Å²) in [6.45, 7) is 6.65. The first-order chi connectivity index (χ1) is 10.2. The number of aryl methyl sites for hydroxylation is 2. The van der Waals surface area contributed by atoms with E-state index in [1.807, 2.05) is 18.2 Å². The Balaban J connectivity index is 1.80. The zero-order valence-electron chi connectivity index (χ0n) is 12.7. The summed E-state index contributed by atoms with van der Waals surface area (Å²) in [7, 11) is 2.09. The van der Waals surface area contributed by atoms with Crippen LogP contribution in [0, 0.1) is 6.92 Å². The first-order valence-corrected chi connectivity index (χ1v) is 7.17. The van der Waals surface area contributed by atoms with Crippen molar-refractivity contribution >= 4 is 5.65 Å². The van der Waals surface area contributed by atoms with E-state index in [2.05, 4.69) is 56.1 Å². The molecule has 0 N–H and O–H groups in total. The Morgan fingerprint density at radius 3 is 2.90 bits per heavy atom. The molecule has 3 heterocycles. The van der Waals surface area contributed by atoms with Crippen LogP contribution in [-0.2, 0) is 19.6 Å². The van der Waals surface area contributed by atoms with Crippen LogP contribution in [0.15, 0.2) is 30.7 Å². The number of pyridine rings is 1. The van der Waals surface area contributed by atoms with Crippen molar-refractivity contribution in [3.8, 4) is 0 Å². The molecule has 0 aliphatic rings. The Labute approximate surface area is 124 Å². The van der Waals surface area contributed by atoms with Gasteiger partial charge in [0.2, 0.25) is 0 Å². The van der Waals surface area contributed by atoms with Gasteiger partial charge in [0.05, 0.1) is 17.9 Å². The number of imidazole rings is 1. The number of hydrogen-bond donors (Lipinski definition) is 0. The molecule has 0 atom stereocenters. The third kappa shape index (κ3) is 2.67. The highest BCUT2D eigenvalue weighted by molar-refractivity contribution is 5.42. The molecule has 0 saturated heterocycles. The van der Waals surface area contributed by atoms with Gasteiger partial charge in [-0.05, 0) is 33.0 Å². The normalized spacial score (nSPS) is 11.6. The van der Waals surface area contributed by atoms with Gasteiger partial charge >= 0.3 is 0 Å². The van der Waals surface area contributed by atoms with E-state index in [9.17, 15) is 0 Å². The fourth-order valence-corrected chi connectivity index (χ4v) is 2.57. The van der Waals surface area contributed by atoms with Crippen molar-refractivity contribution in [2.75, 3.05) is 7.05 Å². The predicted molar refractivity (Wildman–Crippen MR) is 80.8 cm³/mol. The van der Waals surface area contributed by atoms with Gasteiger partial charge in [-0.1, -0.05) is 6.07 Å². The van der Waals surface area contributed by atoms with E-state index in [1.165, 1.54) is 5.69 Å². The molecule has 6 heteroatoms. The average Bonchev–Trinajstić information content (AvgIpc) is 3.04. The van der Waals surface area contributed by atoms with Crippen molar-refractivity contribution in [1.29, 1.82) is 0 Å². The van der Waals surface area contributed by atoms with Gasteiger partial charge in [0.15, 0.2) is 0 Å². The summed E-state index contributed by atoms with van der Waals surface area (Å²) in [5.41, 5.74) is 3.29. The molecule has 0 saturated carbocycles. The van der Waals surface area contributed by atoms with Gasteiger partial charge in [-0.15, -0.1) is 10.2 Å². The molecule has 0 bridgehead atoms. The van der Waals surface area contributed by atoms with E-state index in [1.54, 1.807) is 6.33 Å². The van der Waals surface area contributed by atoms with E-state index in [-0.39, 0.29) is 0 Å². The van der Waals surface area contributed by atoms with Crippen LogP contribution in [0.2, 0.25) is 0 Å². The van der Waals surface area contributed by atoms with Crippen molar-refractivity contribution in [1.82, 2.24) is 29.0 Å². The molecule has 3 aromatic heterocycles. The van der Waals surface area contributed by atoms with Crippen LogP contribution in [0.4, 0.5) is 0 Å². The lowest BCUT2D eigenvalue weighted by atomic mass is 10.3. The topological polar surface area (TPSA) is 51.2 Å². The molecule has 0 fully saturated rings. The zero-order valence-corrected chi connectivity index (χ0v) is 12.7. The molecule has 3 aromatic rings. The molecule has 0 spiro atoms. The first-order valence-electron chi connectivity index (χ1n) is 7.17. The SMILES string of the molecule is CCn1cnnc1CN(C)Cc1c(C)nc2ccccn12. The highest BCUT2D eigenvalue weighted by atomic mass is 15.3. The zero-order chi connectivity index (χ0) is 14.8. The molecule has 3 rings (SSSR count). The Bertz CT molecular complexity index is 742. The van der Waals surface area contributed by atoms with Crippen molar-refractivity contribution in [3.63, 3.8) is 0 Å². The van der Waals surface area contributed by atoms with E-state index in [4.69, 9.17) is 0 Å². The van der Waals surface area contributed by atoms with Crippen LogP contribution in [0.25, 0.3) is 5.65 Å². The van der Waals surface area contributed by atoms with Crippen molar-refractivity contribution in [2.45, 2.75) is 33.5 Å². The molecule has 6 nitrogen and oxygen atoms in total. The second-order valence-electron chi connectivity index (χ2n) is 5.28. The standard InChI is InChI=1S/C15H20N6/c1-4-20-11-16-18-15(20)10-19(3)9-13-12(2)17-14-7-5-6-8-21(13)14/h5-8,11H,4,9-10H2,1-3H3. The fourth-order valence-electron chi connectivity index (χ4n) is 2.57. The van der Waals surface area contributed by atoms with Crippen LogP contribution in [-0.4, -0.2) is 36.1 Å². The minimum Gasteiger partial charge on any atom is -0.317 e. The molecular weight excluding hydrogens is 264 g/mol. The number of nitrogens with zero attached hydrogens (tertiary/aromatic N) is 6. The van der Waals surface area contributed by atoms with Gasteiger partial charge < -0.3 is 8.97 Å². The quantitative estimate of drug-likeness (QED) is 0.718.